The van der Waals surface area contributed by atoms with Gasteiger partial charge in [-0.05, 0) is 25.2 Å². The van der Waals surface area contributed by atoms with E-state index in [-0.39, 0.29) is 0 Å². The van der Waals surface area contributed by atoms with Gasteiger partial charge in [0.1, 0.15) is 0 Å². The van der Waals surface area contributed by atoms with Crippen molar-refractivity contribution in [2.45, 2.75) is 45.2 Å². The molecular weight excluding hydrogens is 122 g/mol. The van der Waals surface area contributed by atoms with Gasteiger partial charge in [0.2, 0.25) is 0 Å². The van der Waals surface area contributed by atoms with Crippen LogP contribution in [0.5, 0.6) is 0 Å². The predicted molar refractivity (Wildman–Crippen MR) is 43.0 cm³/mol. The molecule has 2 fully saturated rings. The van der Waals surface area contributed by atoms with Crippen LogP contribution in [0.4, 0.5) is 0 Å². The van der Waals surface area contributed by atoms with Gasteiger partial charge >= 0.3 is 0 Å². The van der Waals surface area contributed by atoms with Gasteiger partial charge in [0.15, 0.2) is 0 Å². The summed E-state index contributed by atoms with van der Waals surface area (Å²) in [6, 6.07) is 1.94. The Balaban J connectivity index is 1.86. The maximum Gasteiger partial charge on any atom is 0.0133 e. The molecule has 1 heteroatoms. The summed E-state index contributed by atoms with van der Waals surface area (Å²) >= 11 is 0. The van der Waals surface area contributed by atoms with Crippen LogP contribution in [0.25, 0.3) is 0 Å². The Morgan fingerprint density at radius 3 is 2.20 bits per heavy atom. The Kier molecular flexibility index (Phi) is 1.48. The van der Waals surface area contributed by atoms with Crippen molar-refractivity contribution < 1.29 is 0 Å². The summed E-state index contributed by atoms with van der Waals surface area (Å²) in [5, 5.41) is 0. The van der Waals surface area contributed by atoms with E-state index in [1.807, 2.05) is 0 Å². The van der Waals surface area contributed by atoms with Gasteiger partial charge in [-0.2, -0.15) is 0 Å². The fraction of sp³-hybridized carbons (Fsp3) is 1.00. The molecule has 0 N–H and O–H groups in total. The third kappa shape index (κ3) is 0.968. The van der Waals surface area contributed by atoms with Gasteiger partial charge in [-0.25, -0.2) is 0 Å². The highest BCUT2D eigenvalue weighted by Gasteiger charge is 2.40. The first kappa shape index (κ1) is 6.66. The highest BCUT2D eigenvalue weighted by molar-refractivity contribution is 4.95. The molecule has 1 atom stereocenters. The quantitative estimate of drug-likeness (QED) is 0.564. The van der Waals surface area contributed by atoms with Crippen molar-refractivity contribution in [1.82, 2.24) is 4.90 Å². The van der Waals surface area contributed by atoms with Crippen LogP contribution in [0.15, 0.2) is 0 Å². The fourth-order valence-electron chi connectivity index (χ4n) is 2.00. The largest absolute Gasteiger partial charge is 0.297 e. The molecule has 0 bridgehead atoms. The second-order valence-corrected chi connectivity index (χ2v) is 4.07. The monoisotopic (exact) mass is 139 g/mol. The number of likely N-dealkylation sites (tertiary alicyclic amines) is 1. The molecule has 0 spiro atoms. The molecule has 2 rings (SSSR count). The molecule has 10 heavy (non-hydrogen) atoms. The summed E-state index contributed by atoms with van der Waals surface area (Å²) in [5.41, 5.74) is 0. The molecule has 0 unspecified atom stereocenters. The van der Waals surface area contributed by atoms with Crippen molar-refractivity contribution in [1.29, 1.82) is 0 Å². The lowest BCUT2D eigenvalue weighted by atomic mass is 9.92. The molecule has 0 aromatic rings. The Bertz CT molecular complexity index is 119. The number of nitrogens with zero attached hydrogens (tertiary/aromatic N) is 1. The van der Waals surface area contributed by atoms with Crippen molar-refractivity contribution in [2.24, 2.45) is 5.92 Å². The summed E-state index contributed by atoms with van der Waals surface area (Å²) in [6.45, 7) is 6.08. The van der Waals surface area contributed by atoms with E-state index in [2.05, 4.69) is 18.7 Å². The first-order valence-electron chi connectivity index (χ1n) is 4.55. The SMILES string of the molecule is CC(C)[C@H]1CCN1C1CC1. The topological polar surface area (TPSA) is 3.24 Å². The zero-order valence-electron chi connectivity index (χ0n) is 7.01. The van der Waals surface area contributed by atoms with Crippen molar-refractivity contribution in [3.05, 3.63) is 0 Å². The number of hydrogen-bond acceptors (Lipinski definition) is 1. The van der Waals surface area contributed by atoms with Gasteiger partial charge in [0, 0.05) is 18.6 Å². The summed E-state index contributed by atoms with van der Waals surface area (Å²) < 4.78 is 0. The summed E-state index contributed by atoms with van der Waals surface area (Å²) in [5.74, 6) is 0.884. The standard InChI is InChI=1S/C9H17N/c1-7(2)9-5-6-10(9)8-3-4-8/h7-9H,3-6H2,1-2H3/t9-/m1/s1. The molecule has 1 heterocycles. The lowest BCUT2D eigenvalue weighted by molar-refractivity contribution is 0.0478. The maximum atomic E-state index is 2.70. The highest BCUT2D eigenvalue weighted by atomic mass is 15.3. The van der Waals surface area contributed by atoms with E-state index in [4.69, 9.17) is 0 Å². The van der Waals surface area contributed by atoms with Crippen LogP contribution in [-0.2, 0) is 0 Å². The highest BCUT2D eigenvalue weighted by Crippen LogP contribution is 2.36. The van der Waals surface area contributed by atoms with Crippen LogP contribution in [0.2, 0.25) is 0 Å². The lowest BCUT2D eigenvalue weighted by Gasteiger charge is -2.44. The minimum atomic E-state index is 0.884. The molecule has 1 saturated heterocycles. The van der Waals surface area contributed by atoms with Crippen molar-refractivity contribution >= 4 is 0 Å². The maximum absolute atomic E-state index is 2.70. The van der Waals surface area contributed by atoms with E-state index < -0.39 is 0 Å². The number of rotatable bonds is 2. The molecule has 0 radical (unpaired) electrons. The van der Waals surface area contributed by atoms with Gasteiger partial charge in [-0.1, -0.05) is 13.8 Å². The molecule has 1 aliphatic heterocycles. The predicted octanol–water partition coefficient (Wildman–Crippen LogP) is 1.88. The van der Waals surface area contributed by atoms with Crippen LogP contribution >= 0.6 is 0 Å². The van der Waals surface area contributed by atoms with Gasteiger partial charge < -0.3 is 0 Å². The first-order chi connectivity index (χ1) is 4.79. The van der Waals surface area contributed by atoms with E-state index in [9.17, 15) is 0 Å². The second-order valence-electron chi connectivity index (χ2n) is 4.07. The van der Waals surface area contributed by atoms with E-state index in [1.165, 1.54) is 25.8 Å². The van der Waals surface area contributed by atoms with E-state index >= 15 is 0 Å². The molecule has 0 amide bonds. The zero-order chi connectivity index (χ0) is 7.14. The molecular formula is C9H17N. The normalized spacial score (nSPS) is 34.5. The Morgan fingerprint density at radius 1 is 1.20 bits per heavy atom. The molecule has 1 saturated carbocycles. The third-order valence-electron chi connectivity index (χ3n) is 2.89. The zero-order valence-corrected chi connectivity index (χ0v) is 7.01. The van der Waals surface area contributed by atoms with Crippen molar-refractivity contribution in [2.75, 3.05) is 6.54 Å². The van der Waals surface area contributed by atoms with Crippen LogP contribution in [-0.4, -0.2) is 23.5 Å². The van der Waals surface area contributed by atoms with Gasteiger partial charge in [0.05, 0.1) is 0 Å². The van der Waals surface area contributed by atoms with Gasteiger partial charge in [-0.15, -0.1) is 0 Å². The third-order valence-corrected chi connectivity index (χ3v) is 2.89. The minimum absolute atomic E-state index is 0.884. The molecule has 1 aliphatic carbocycles. The average molecular weight is 139 g/mol. The smallest absolute Gasteiger partial charge is 0.0133 e. The Morgan fingerprint density at radius 2 is 1.90 bits per heavy atom. The molecule has 0 aromatic heterocycles. The molecule has 1 nitrogen and oxygen atoms in total. The van der Waals surface area contributed by atoms with E-state index in [0.717, 1.165) is 18.0 Å². The first-order valence-corrected chi connectivity index (χ1v) is 4.55. The van der Waals surface area contributed by atoms with Crippen molar-refractivity contribution in [3.63, 3.8) is 0 Å². The second kappa shape index (κ2) is 2.23. The van der Waals surface area contributed by atoms with E-state index in [1.54, 1.807) is 0 Å². The average Bonchev–Trinajstić information content (AvgIpc) is 2.43. The molecule has 0 aromatic carbocycles. The van der Waals surface area contributed by atoms with Crippen LogP contribution in [0.1, 0.15) is 33.1 Å². The summed E-state index contributed by atoms with van der Waals surface area (Å²) in [6.07, 6.45) is 4.40. The van der Waals surface area contributed by atoms with Gasteiger partial charge in [-0.3, -0.25) is 4.90 Å². The van der Waals surface area contributed by atoms with Crippen molar-refractivity contribution in [3.8, 4) is 0 Å². The Labute approximate surface area is 63.4 Å². The summed E-state index contributed by atoms with van der Waals surface area (Å²) in [7, 11) is 0. The van der Waals surface area contributed by atoms with Crippen LogP contribution < -0.4 is 0 Å². The number of hydrogen-bond donors (Lipinski definition) is 0. The lowest BCUT2D eigenvalue weighted by Crippen LogP contribution is -2.51. The molecule has 2 aliphatic rings. The fourth-order valence-corrected chi connectivity index (χ4v) is 2.00. The van der Waals surface area contributed by atoms with Crippen LogP contribution in [0, 0.1) is 5.92 Å². The minimum Gasteiger partial charge on any atom is -0.297 e. The van der Waals surface area contributed by atoms with Crippen LogP contribution in [0.3, 0.4) is 0 Å². The summed E-state index contributed by atoms with van der Waals surface area (Å²) in [4.78, 5) is 2.70. The molecule has 58 valence electrons. The Hall–Kier alpha value is -0.0400. The van der Waals surface area contributed by atoms with Gasteiger partial charge in [0.25, 0.3) is 0 Å². The van der Waals surface area contributed by atoms with E-state index in [0.29, 0.717) is 0 Å².